The van der Waals surface area contributed by atoms with E-state index in [1.165, 1.54) is 12.0 Å². The van der Waals surface area contributed by atoms with Gasteiger partial charge in [0.25, 0.3) is 0 Å². The van der Waals surface area contributed by atoms with Gasteiger partial charge in [-0.1, -0.05) is 30.3 Å². The molecule has 1 heteroatoms. The zero-order valence-electron chi connectivity index (χ0n) is 6.46. The van der Waals surface area contributed by atoms with Gasteiger partial charge in [0, 0.05) is 5.92 Å². The van der Waals surface area contributed by atoms with Crippen LogP contribution in [0.3, 0.4) is 0 Å². The van der Waals surface area contributed by atoms with Crippen molar-refractivity contribution < 1.29 is 5.11 Å². The first-order valence-corrected chi connectivity index (χ1v) is 4.11. The predicted molar refractivity (Wildman–Crippen MR) is 45.8 cm³/mol. The molecule has 11 heavy (non-hydrogen) atoms. The van der Waals surface area contributed by atoms with Gasteiger partial charge >= 0.3 is 0 Å². The molecule has 0 saturated heterocycles. The minimum atomic E-state index is 0.597. The normalized spacial score (nSPS) is 28.5. The molecule has 2 N–H and O–H groups in total. The van der Waals surface area contributed by atoms with Crippen LogP contribution in [0.5, 0.6) is 0 Å². The van der Waals surface area contributed by atoms with E-state index in [2.05, 4.69) is 24.3 Å². The van der Waals surface area contributed by atoms with Gasteiger partial charge in [0.1, 0.15) is 6.61 Å². The Bertz CT molecular complexity index is 230. The van der Waals surface area contributed by atoms with E-state index in [0.29, 0.717) is 18.4 Å². The zero-order chi connectivity index (χ0) is 7.68. The first kappa shape index (κ1) is 6.86. The predicted octanol–water partition coefficient (Wildman–Crippen LogP) is 1.51. The Morgan fingerprint density at radius 1 is 1.27 bits per heavy atom. The third-order valence-electron chi connectivity index (χ3n) is 2.41. The van der Waals surface area contributed by atoms with E-state index in [0.717, 1.165) is 0 Å². The standard InChI is InChI=1S/C10H12O/c11-7-9-6-10(9)8-4-2-1-3-5-8/h1-5,9-11H,6-7H2/p+1. The molecule has 1 fully saturated rings. The summed E-state index contributed by atoms with van der Waals surface area (Å²) in [6.07, 6.45) is 1.23. The van der Waals surface area contributed by atoms with Crippen molar-refractivity contribution in [2.75, 3.05) is 6.61 Å². The monoisotopic (exact) mass is 149 g/mol. The highest BCUT2D eigenvalue weighted by molar-refractivity contribution is 5.25. The lowest BCUT2D eigenvalue weighted by molar-refractivity contribution is 0.274. The third kappa shape index (κ3) is 1.29. The van der Waals surface area contributed by atoms with E-state index in [9.17, 15) is 0 Å². The maximum Gasteiger partial charge on any atom is 0.147 e. The van der Waals surface area contributed by atoms with Crippen molar-refractivity contribution in [2.24, 2.45) is 5.92 Å². The van der Waals surface area contributed by atoms with Crippen LogP contribution in [-0.4, -0.2) is 11.7 Å². The molecule has 1 nitrogen and oxygen atoms in total. The minimum absolute atomic E-state index is 0.597. The Labute approximate surface area is 66.7 Å². The molecule has 1 aromatic carbocycles. The van der Waals surface area contributed by atoms with Crippen LogP contribution in [0.15, 0.2) is 30.3 Å². The second kappa shape index (κ2) is 2.67. The lowest BCUT2D eigenvalue weighted by atomic mass is 10.1. The first-order valence-electron chi connectivity index (χ1n) is 4.11. The van der Waals surface area contributed by atoms with Gasteiger partial charge in [-0.05, 0) is 17.9 Å². The number of rotatable bonds is 2. The van der Waals surface area contributed by atoms with Crippen LogP contribution in [0.2, 0.25) is 0 Å². The van der Waals surface area contributed by atoms with Crippen LogP contribution < -0.4 is 0 Å². The molecular formula is C10H13O+. The van der Waals surface area contributed by atoms with Gasteiger partial charge in [-0.2, -0.15) is 0 Å². The fraction of sp³-hybridized carbons (Fsp3) is 0.400. The Kier molecular flexibility index (Phi) is 1.66. The van der Waals surface area contributed by atoms with Crippen molar-refractivity contribution in [1.82, 2.24) is 0 Å². The van der Waals surface area contributed by atoms with Crippen LogP contribution in [0.4, 0.5) is 0 Å². The molecule has 0 amide bonds. The number of hydrogen-bond acceptors (Lipinski definition) is 0. The Morgan fingerprint density at radius 3 is 2.55 bits per heavy atom. The molecule has 0 spiro atoms. The van der Waals surface area contributed by atoms with E-state index >= 15 is 0 Å². The van der Waals surface area contributed by atoms with Crippen molar-refractivity contribution in [2.45, 2.75) is 12.3 Å². The topological polar surface area (TPSA) is 22.9 Å². The maximum absolute atomic E-state index is 7.20. The molecule has 58 valence electrons. The fourth-order valence-electron chi connectivity index (χ4n) is 1.58. The molecule has 2 unspecified atom stereocenters. The summed E-state index contributed by atoms with van der Waals surface area (Å²) in [7, 11) is 0. The molecule has 1 aromatic rings. The summed E-state index contributed by atoms with van der Waals surface area (Å²) in [5, 5.41) is 7.20. The summed E-state index contributed by atoms with van der Waals surface area (Å²) in [6, 6.07) is 10.5. The Hall–Kier alpha value is -0.820. The molecule has 1 aliphatic rings. The quantitative estimate of drug-likeness (QED) is 0.569. The second-order valence-electron chi connectivity index (χ2n) is 3.22. The van der Waals surface area contributed by atoms with Crippen molar-refractivity contribution in [3.8, 4) is 0 Å². The van der Waals surface area contributed by atoms with Crippen molar-refractivity contribution in [3.05, 3.63) is 35.9 Å². The van der Waals surface area contributed by atoms with Gasteiger partial charge in [0.05, 0.1) is 0 Å². The lowest BCUT2D eigenvalue weighted by Gasteiger charge is -1.95. The van der Waals surface area contributed by atoms with E-state index in [1.54, 1.807) is 0 Å². The van der Waals surface area contributed by atoms with Crippen molar-refractivity contribution in [1.29, 1.82) is 0 Å². The van der Waals surface area contributed by atoms with Crippen molar-refractivity contribution in [3.63, 3.8) is 0 Å². The summed E-state index contributed by atoms with van der Waals surface area (Å²) in [5.41, 5.74) is 1.42. The van der Waals surface area contributed by atoms with Crippen LogP contribution >= 0.6 is 0 Å². The fourth-order valence-corrected chi connectivity index (χ4v) is 1.58. The number of hydrogen-bond donors (Lipinski definition) is 0. The summed E-state index contributed by atoms with van der Waals surface area (Å²) < 4.78 is 0. The Morgan fingerprint density at radius 2 is 2.00 bits per heavy atom. The maximum atomic E-state index is 7.20. The molecule has 0 heterocycles. The van der Waals surface area contributed by atoms with Crippen LogP contribution in [0, 0.1) is 5.92 Å². The van der Waals surface area contributed by atoms with Crippen LogP contribution in [0.1, 0.15) is 17.9 Å². The lowest BCUT2D eigenvalue weighted by Crippen LogP contribution is -1.87. The van der Waals surface area contributed by atoms with E-state index in [4.69, 9.17) is 5.11 Å². The molecule has 0 aliphatic heterocycles. The molecule has 1 aliphatic carbocycles. The van der Waals surface area contributed by atoms with Gasteiger partial charge in [-0.15, -0.1) is 0 Å². The van der Waals surface area contributed by atoms with E-state index < -0.39 is 0 Å². The molecular weight excluding hydrogens is 136 g/mol. The van der Waals surface area contributed by atoms with Crippen molar-refractivity contribution >= 4 is 0 Å². The van der Waals surface area contributed by atoms with Gasteiger partial charge in [0.15, 0.2) is 0 Å². The second-order valence-corrected chi connectivity index (χ2v) is 3.22. The van der Waals surface area contributed by atoms with Gasteiger partial charge < -0.3 is 5.11 Å². The molecule has 0 bridgehead atoms. The largest absolute Gasteiger partial charge is 0.445 e. The molecule has 2 atom stereocenters. The number of benzene rings is 1. The highest BCUT2D eigenvalue weighted by Gasteiger charge is 2.39. The smallest absolute Gasteiger partial charge is 0.147 e. The van der Waals surface area contributed by atoms with Gasteiger partial charge in [-0.3, -0.25) is 0 Å². The Balaban J connectivity index is 2.09. The summed E-state index contributed by atoms with van der Waals surface area (Å²) >= 11 is 0. The molecule has 2 rings (SSSR count). The van der Waals surface area contributed by atoms with E-state index in [1.807, 2.05) is 6.07 Å². The summed E-state index contributed by atoms with van der Waals surface area (Å²) in [6.45, 7) is 0.597. The van der Waals surface area contributed by atoms with Crippen LogP contribution in [-0.2, 0) is 0 Å². The zero-order valence-corrected chi connectivity index (χ0v) is 6.46. The average Bonchev–Trinajstić information content (AvgIpc) is 2.85. The molecule has 0 radical (unpaired) electrons. The highest BCUT2D eigenvalue weighted by Crippen LogP contribution is 2.46. The summed E-state index contributed by atoms with van der Waals surface area (Å²) in [4.78, 5) is 0. The van der Waals surface area contributed by atoms with Crippen LogP contribution in [0.25, 0.3) is 0 Å². The van der Waals surface area contributed by atoms with Gasteiger partial charge in [-0.25, -0.2) is 0 Å². The molecule has 0 aromatic heterocycles. The summed E-state index contributed by atoms with van der Waals surface area (Å²) in [5.74, 6) is 1.35. The molecule has 1 saturated carbocycles. The minimum Gasteiger partial charge on any atom is -0.445 e. The highest BCUT2D eigenvalue weighted by atomic mass is 16.3. The third-order valence-corrected chi connectivity index (χ3v) is 2.41. The van der Waals surface area contributed by atoms with E-state index in [-0.39, 0.29) is 0 Å². The SMILES string of the molecule is [OH2+]CC1CC1c1ccccc1. The average molecular weight is 149 g/mol. The van der Waals surface area contributed by atoms with Gasteiger partial charge in [0.2, 0.25) is 0 Å². The first-order chi connectivity index (χ1) is 5.42.